The van der Waals surface area contributed by atoms with Gasteiger partial charge in [-0.1, -0.05) is 6.07 Å². The zero-order valence-electron chi connectivity index (χ0n) is 7.84. The first-order valence-electron chi connectivity index (χ1n) is 4.44. The van der Waals surface area contributed by atoms with E-state index in [1.807, 2.05) is 0 Å². The molecule has 0 bridgehead atoms. The molecule has 0 spiro atoms. The maximum Gasteiger partial charge on any atom is 0.416 e. The monoisotopic (exact) mass is 237 g/mol. The van der Waals surface area contributed by atoms with Gasteiger partial charge in [0.25, 0.3) is 0 Å². The van der Waals surface area contributed by atoms with Crippen LogP contribution in [-0.4, -0.2) is 0 Å². The minimum Gasteiger partial charge on any atom is -0.324 e. The molecule has 0 fully saturated rings. The van der Waals surface area contributed by atoms with E-state index in [1.165, 1.54) is 12.1 Å². The van der Waals surface area contributed by atoms with Crippen LogP contribution in [0, 0.1) is 0 Å². The molecule has 0 saturated carbocycles. The summed E-state index contributed by atoms with van der Waals surface area (Å²) in [6.07, 6.45) is -2.73. The highest BCUT2D eigenvalue weighted by Gasteiger charge is 2.32. The number of rotatable bonds is 0. The second-order valence-electron chi connectivity index (χ2n) is 3.56. The van der Waals surface area contributed by atoms with E-state index in [9.17, 15) is 13.2 Å². The third-order valence-corrected chi connectivity index (χ3v) is 2.60. The lowest BCUT2D eigenvalue weighted by molar-refractivity contribution is -0.137. The Balaban J connectivity index is 0.00000112. The Morgan fingerprint density at radius 1 is 1.27 bits per heavy atom. The minimum atomic E-state index is -4.27. The molecule has 0 aliphatic heterocycles. The molecule has 1 aromatic carbocycles. The molecule has 1 aliphatic carbocycles. The lowest BCUT2D eigenvalue weighted by Crippen LogP contribution is -2.09. The van der Waals surface area contributed by atoms with Crippen LogP contribution < -0.4 is 5.73 Å². The molecule has 0 heterocycles. The van der Waals surface area contributed by atoms with Crippen LogP contribution in [-0.2, 0) is 12.6 Å². The molecule has 1 atom stereocenters. The zero-order valence-corrected chi connectivity index (χ0v) is 8.66. The van der Waals surface area contributed by atoms with E-state index in [0.717, 1.165) is 24.5 Å². The zero-order chi connectivity index (χ0) is 10.3. The van der Waals surface area contributed by atoms with E-state index in [2.05, 4.69) is 0 Å². The van der Waals surface area contributed by atoms with Crippen LogP contribution in [0.1, 0.15) is 29.2 Å². The standard InChI is InChI=1S/C10H10F3N.ClH/c11-10(12,13)7-3-1-6-2-4-9(14)8(6)5-7;/h1,3,5,9H,2,4,14H2;1H. The lowest BCUT2D eigenvalue weighted by atomic mass is 10.0. The third-order valence-electron chi connectivity index (χ3n) is 2.60. The van der Waals surface area contributed by atoms with Gasteiger partial charge < -0.3 is 5.73 Å². The molecular formula is C10H11ClF3N. The highest BCUT2D eigenvalue weighted by Crippen LogP contribution is 2.35. The summed E-state index contributed by atoms with van der Waals surface area (Å²) in [5, 5.41) is 0. The van der Waals surface area contributed by atoms with Crippen molar-refractivity contribution in [2.24, 2.45) is 5.73 Å². The molecule has 84 valence electrons. The summed E-state index contributed by atoms with van der Waals surface area (Å²) < 4.78 is 37.0. The summed E-state index contributed by atoms with van der Waals surface area (Å²) in [5.74, 6) is 0. The van der Waals surface area contributed by atoms with E-state index in [0.29, 0.717) is 5.56 Å². The highest BCUT2D eigenvalue weighted by molar-refractivity contribution is 5.85. The van der Waals surface area contributed by atoms with Crippen molar-refractivity contribution in [3.63, 3.8) is 0 Å². The van der Waals surface area contributed by atoms with Crippen LogP contribution in [0.25, 0.3) is 0 Å². The SMILES string of the molecule is Cl.NC1CCc2ccc(C(F)(F)F)cc21. The van der Waals surface area contributed by atoms with Gasteiger partial charge in [-0.2, -0.15) is 13.2 Å². The van der Waals surface area contributed by atoms with Crippen molar-refractivity contribution in [2.45, 2.75) is 25.1 Å². The number of hydrogen-bond acceptors (Lipinski definition) is 1. The van der Waals surface area contributed by atoms with Crippen molar-refractivity contribution in [1.29, 1.82) is 0 Å². The molecule has 1 aliphatic rings. The first-order chi connectivity index (χ1) is 6.48. The van der Waals surface area contributed by atoms with Gasteiger partial charge in [0.15, 0.2) is 0 Å². The van der Waals surface area contributed by atoms with Crippen LogP contribution in [0.5, 0.6) is 0 Å². The molecule has 1 aromatic rings. The molecule has 2 rings (SSSR count). The number of nitrogens with two attached hydrogens (primary N) is 1. The van der Waals surface area contributed by atoms with Crippen LogP contribution >= 0.6 is 12.4 Å². The molecule has 1 nitrogen and oxygen atoms in total. The molecule has 2 N–H and O–H groups in total. The first kappa shape index (κ1) is 12.3. The second-order valence-corrected chi connectivity index (χ2v) is 3.56. The predicted octanol–water partition coefficient (Wildman–Crippen LogP) is 3.07. The summed E-state index contributed by atoms with van der Waals surface area (Å²) >= 11 is 0. The van der Waals surface area contributed by atoms with Crippen LogP contribution in [0.2, 0.25) is 0 Å². The summed E-state index contributed by atoms with van der Waals surface area (Å²) in [4.78, 5) is 0. The average Bonchev–Trinajstić information content (AvgIpc) is 2.46. The Labute approximate surface area is 91.9 Å². The van der Waals surface area contributed by atoms with Crippen molar-refractivity contribution >= 4 is 12.4 Å². The van der Waals surface area contributed by atoms with Gasteiger partial charge in [-0.25, -0.2) is 0 Å². The molecule has 0 radical (unpaired) electrons. The van der Waals surface area contributed by atoms with Crippen LogP contribution in [0.4, 0.5) is 13.2 Å². The number of alkyl halides is 3. The second kappa shape index (κ2) is 4.02. The minimum absolute atomic E-state index is 0. The molecule has 5 heteroatoms. The first-order valence-corrected chi connectivity index (χ1v) is 4.44. The van der Waals surface area contributed by atoms with E-state index in [1.54, 1.807) is 0 Å². The van der Waals surface area contributed by atoms with E-state index in [-0.39, 0.29) is 18.4 Å². The molecular weight excluding hydrogens is 227 g/mol. The predicted molar refractivity (Wildman–Crippen MR) is 53.9 cm³/mol. The number of benzene rings is 1. The smallest absolute Gasteiger partial charge is 0.324 e. The van der Waals surface area contributed by atoms with Gasteiger partial charge in [0.2, 0.25) is 0 Å². The van der Waals surface area contributed by atoms with Gasteiger partial charge in [-0.05, 0) is 36.1 Å². The Hall–Kier alpha value is -0.740. The van der Waals surface area contributed by atoms with E-state index >= 15 is 0 Å². The van der Waals surface area contributed by atoms with Crippen molar-refractivity contribution in [2.75, 3.05) is 0 Å². The Morgan fingerprint density at radius 2 is 1.93 bits per heavy atom. The van der Waals surface area contributed by atoms with Gasteiger partial charge in [0.1, 0.15) is 0 Å². The van der Waals surface area contributed by atoms with Crippen LogP contribution in [0.3, 0.4) is 0 Å². The molecule has 0 saturated heterocycles. The molecule has 1 unspecified atom stereocenters. The molecule has 0 aromatic heterocycles. The summed E-state index contributed by atoms with van der Waals surface area (Å²) in [6.45, 7) is 0. The molecule has 0 amide bonds. The number of fused-ring (bicyclic) bond motifs is 1. The van der Waals surface area contributed by atoms with Gasteiger partial charge >= 0.3 is 6.18 Å². The van der Waals surface area contributed by atoms with Crippen LogP contribution in [0.15, 0.2) is 18.2 Å². The van der Waals surface area contributed by atoms with Gasteiger partial charge in [-0.15, -0.1) is 12.4 Å². The van der Waals surface area contributed by atoms with Crippen molar-refractivity contribution in [1.82, 2.24) is 0 Å². The normalized spacial score (nSPS) is 19.6. The Morgan fingerprint density at radius 3 is 2.53 bits per heavy atom. The summed E-state index contributed by atoms with van der Waals surface area (Å²) in [6, 6.07) is 3.60. The average molecular weight is 238 g/mol. The summed E-state index contributed by atoms with van der Waals surface area (Å²) in [7, 11) is 0. The topological polar surface area (TPSA) is 26.0 Å². The fourth-order valence-electron chi connectivity index (χ4n) is 1.81. The number of aryl methyl sites for hydroxylation is 1. The maximum absolute atomic E-state index is 12.3. The van der Waals surface area contributed by atoms with E-state index in [4.69, 9.17) is 5.73 Å². The van der Waals surface area contributed by atoms with Crippen molar-refractivity contribution in [3.05, 3.63) is 34.9 Å². The van der Waals surface area contributed by atoms with Crippen molar-refractivity contribution < 1.29 is 13.2 Å². The van der Waals surface area contributed by atoms with Gasteiger partial charge in [-0.3, -0.25) is 0 Å². The number of halogens is 4. The Bertz CT molecular complexity index is 362. The van der Waals surface area contributed by atoms with Gasteiger partial charge in [0, 0.05) is 6.04 Å². The quantitative estimate of drug-likeness (QED) is 0.737. The molecule has 15 heavy (non-hydrogen) atoms. The highest BCUT2D eigenvalue weighted by atomic mass is 35.5. The fraction of sp³-hybridized carbons (Fsp3) is 0.400. The summed E-state index contributed by atoms with van der Waals surface area (Å²) in [5.41, 5.74) is 6.69. The fourth-order valence-corrected chi connectivity index (χ4v) is 1.81. The van der Waals surface area contributed by atoms with Gasteiger partial charge in [0.05, 0.1) is 5.56 Å². The largest absolute Gasteiger partial charge is 0.416 e. The van der Waals surface area contributed by atoms with Crippen molar-refractivity contribution in [3.8, 4) is 0 Å². The third kappa shape index (κ3) is 2.26. The maximum atomic E-state index is 12.3. The lowest BCUT2D eigenvalue weighted by Gasteiger charge is -2.10. The Kier molecular flexibility index (Phi) is 3.31. The van der Waals surface area contributed by atoms with E-state index < -0.39 is 11.7 Å². The number of hydrogen-bond donors (Lipinski definition) is 1.